The number of aromatic nitrogens is 2. The zero-order valence-electron chi connectivity index (χ0n) is 13.3. The standard InChI is InChI=1S/C18H21N3O2/c1-14-9-15(11-19-10-14)18(22)21(13-17-6-4-8-23-17)12-16-5-2-3-7-20-16/h2-3,5,7,9-11,17H,4,6,8,12-13H2,1H3. The SMILES string of the molecule is Cc1cncc(C(=O)N(Cc2ccccn2)CC2CCCO2)c1. The summed E-state index contributed by atoms with van der Waals surface area (Å²) in [5.41, 5.74) is 2.46. The Morgan fingerprint density at radius 3 is 3.00 bits per heavy atom. The first-order valence-electron chi connectivity index (χ1n) is 7.95. The lowest BCUT2D eigenvalue weighted by Gasteiger charge is -2.25. The van der Waals surface area contributed by atoms with Crippen molar-refractivity contribution in [3.63, 3.8) is 0 Å². The minimum Gasteiger partial charge on any atom is -0.376 e. The number of hydrogen-bond donors (Lipinski definition) is 0. The maximum atomic E-state index is 12.9. The molecule has 23 heavy (non-hydrogen) atoms. The van der Waals surface area contributed by atoms with Crippen LogP contribution in [0.2, 0.25) is 0 Å². The van der Waals surface area contributed by atoms with E-state index in [0.29, 0.717) is 18.7 Å². The van der Waals surface area contributed by atoms with Crippen molar-refractivity contribution in [1.82, 2.24) is 14.9 Å². The lowest BCUT2D eigenvalue weighted by Crippen LogP contribution is -2.37. The first-order valence-corrected chi connectivity index (χ1v) is 7.95. The van der Waals surface area contributed by atoms with E-state index < -0.39 is 0 Å². The molecule has 0 saturated carbocycles. The molecular formula is C18H21N3O2. The van der Waals surface area contributed by atoms with Crippen molar-refractivity contribution >= 4 is 5.91 Å². The van der Waals surface area contributed by atoms with Gasteiger partial charge in [0.1, 0.15) is 0 Å². The fourth-order valence-electron chi connectivity index (χ4n) is 2.80. The van der Waals surface area contributed by atoms with Gasteiger partial charge in [-0.15, -0.1) is 0 Å². The molecule has 1 aliphatic heterocycles. The minimum absolute atomic E-state index is 0.0256. The van der Waals surface area contributed by atoms with Crippen molar-refractivity contribution in [2.45, 2.75) is 32.4 Å². The lowest BCUT2D eigenvalue weighted by atomic mass is 10.1. The molecule has 2 aromatic heterocycles. The smallest absolute Gasteiger partial charge is 0.255 e. The van der Waals surface area contributed by atoms with E-state index in [1.54, 1.807) is 18.6 Å². The highest BCUT2D eigenvalue weighted by molar-refractivity contribution is 5.94. The van der Waals surface area contributed by atoms with Gasteiger partial charge >= 0.3 is 0 Å². The molecule has 0 aromatic carbocycles. The van der Waals surface area contributed by atoms with Crippen molar-refractivity contribution < 1.29 is 9.53 Å². The van der Waals surface area contributed by atoms with E-state index in [1.165, 1.54) is 0 Å². The van der Waals surface area contributed by atoms with Gasteiger partial charge < -0.3 is 9.64 Å². The van der Waals surface area contributed by atoms with Crippen molar-refractivity contribution in [2.75, 3.05) is 13.2 Å². The van der Waals surface area contributed by atoms with E-state index in [-0.39, 0.29) is 12.0 Å². The van der Waals surface area contributed by atoms with Crippen LogP contribution >= 0.6 is 0 Å². The Morgan fingerprint density at radius 2 is 2.30 bits per heavy atom. The van der Waals surface area contributed by atoms with Crippen LogP contribution in [0.3, 0.4) is 0 Å². The third-order valence-electron chi connectivity index (χ3n) is 3.94. The van der Waals surface area contributed by atoms with Crippen LogP contribution in [0.25, 0.3) is 0 Å². The van der Waals surface area contributed by atoms with Gasteiger partial charge in [-0.25, -0.2) is 0 Å². The van der Waals surface area contributed by atoms with E-state index in [1.807, 2.05) is 36.1 Å². The second-order valence-electron chi connectivity index (χ2n) is 5.89. The van der Waals surface area contributed by atoms with Crippen LogP contribution in [0, 0.1) is 6.92 Å². The average Bonchev–Trinajstić information content (AvgIpc) is 3.08. The van der Waals surface area contributed by atoms with E-state index in [4.69, 9.17) is 4.74 Å². The highest BCUT2D eigenvalue weighted by Gasteiger charge is 2.24. The van der Waals surface area contributed by atoms with Gasteiger partial charge in [-0.1, -0.05) is 6.07 Å². The molecule has 0 spiro atoms. The Morgan fingerprint density at radius 1 is 1.39 bits per heavy atom. The molecule has 1 amide bonds. The number of aryl methyl sites for hydroxylation is 1. The number of pyridine rings is 2. The molecular weight excluding hydrogens is 290 g/mol. The number of nitrogens with zero attached hydrogens (tertiary/aromatic N) is 3. The molecule has 1 atom stereocenters. The van der Waals surface area contributed by atoms with Gasteiger partial charge in [-0.05, 0) is 43.5 Å². The molecule has 120 valence electrons. The Labute approximate surface area is 136 Å². The van der Waals surface area contributed by atoms with E-state index in [2.05, 4.69) is 9.97 Å². The lowest BCUT2D eigenvalue weighted by molar-refractivity contribution is 0.0504. The number of amides is 1. The zero-order valence-corrected chi connectivity index (χ0v) is 13.3. The first kappa shape index (κ1) is 15.6. The third-order valence-corrected chi connectivity index (χ3v) is 3.94. The normalized spacial score (nSPS) is 17.2. The van der Waals surface area contributed by atoms with E-state index in [0.717, 1.165) is 30.7 Å². The van der Waals surface area contributed by atoms with E-state index in [9.17, 15) is 4.79 Å². The predicted octanol–water partition coefficient (Wildman–Crippen LogP) is 2.61. The first-order chi connectivity index (χ1) is 11.2. The van der Waals surface area contributed by atoms with Gasteiger partial charge in [-0.3, -0.25) is 14.8 Å². The van der Waals surface area contributed by atoms with Crippen LogP contribution < -0.4 is 0 Å². The van der Waals surface area contributed by atoms with Gasteiger partial charge in [0.25, 0.3) is 5.91 Å². The summed E-state index contributed by atoms with van der Waals surface area (Å²) in [5.74, 6) is -0.0256. The summed E-state index contributed by atoms with van der Waals surface area (Å²) in [4.78, 5) is 23.2. The highest BCUT2D eigenvalue weighted by Crippen LogP contribution is 2.17. The summed E-state index contributed by atoms with van der Waals surface area (Å²) >= 11 is 0. The Balaban J connectivity index is 1.79. The summed E-state index contributed by atoms with van der Waals surface area (Å²) in [6.45, 7) is 3.78. The molecule has 5 heteroatoms. The summed E-state index contributed by atoms with van der Waals surface area (Å²) in [5, 5.41) is 0. The van der Waals surface area contributed by atoms with Crippen molar-refractivity contribution in [2.24, 2.45) is 0 Å². The summed E-state index contributed by atoms with van der Waals surface area (Å²) in [7, 11) is 0. The Hall–Kier alpha value is -2.27. The maximum absolute atomic E-state index is 12.9. The van der Waals surface area contributed by atoms with Crippen LogP contribution in [0.5, 0.6) is 0 Å². The third kappa shape index (κ3) is 4.13. The molecule has 0 bridgehead atoms. The fourth-order valence-corrected chi connectivity index (χ4v) is 2.80. The predicted molar refractivity (Wildman–Crippen MR) is 86.9 cm³/mol. The van der Waals surface area contributed by atoms with Crippen molar-refractivity contribution in [3.05, 3.63) is 59.7 Å². The monoisotopic (exact) mass is 311 g/mol. The fraction of sp³-hybridized carbons (Fsp3) is 0.389. The Kier molecular flexibility index (Phi) is 4.98. The molecule has 3 heterocycles. The molecule has 3 rings (SSSR count). The second-order valence-corrected chi connectivity index (χ2v) is 5.89. The van der Waals surface area contributed by atoms with Crippen LogP contribution in [0.4, 0.5) is 0 Å². The molecule has 2 aromatic rings. The molecule has 0 N–H and O–H groups in total. The molecule has 1 aliphatic rings. The molecule has 1 fully saturated rings. The van der Waals surface area contributed by atoms with Gasteiger partial charge in [0.05, 0.1) is 23.9 Å². The highest BCUT2D eigenvalue weighted by atomic mass is 16.5. The second kappa shape index (κ2) is 7.33. The van der Waals surface area contributed by atoms with Crippen molar-refractivity contribution in [3.8, 4) is 0 Å². The number of ether oxygens (including phenoxy) is 1. The molecule has 5 nitrogen and oxygen atoms in total. The number of rotatable bonds is 5. The number of hydrogen-bond acceptors (Lipinski definition) is 4. The molecule has 0 aliphatic carbocycles. The van der Waals surface area contributed by atoms with E-state index >= 15 is 0 Å². The van der Waals surface area contributed by atoms with Crippen LogP contribution in [-0.2, 0) is 11.3 Å². The van der Waals surface area contributed by atoms with Gasteiger partial charge in [0, 0.05) is 31.7 Å². The largest absolute Gasteiger partial charge is 0.376 e. The molecule has 1 saturated heterocycles. The molecule has 1 unspecified atom stereocenters. The number of carbonyl (C=O) groups excluding carboxylic acids is 1. The quantitative estimate of drug-likeness (QED) is 0.852. The zero-order chi connectivity index (χ0) is 16.1. The van der Waals surface area contributed by atoms with Gasteiger partial charge in [-0.2, -0.15) is 0 Å². The summed E-state index contributed by atoms with van der Waals surface area (Å²) in [6, 6.07) is 7.62. The maximum Gasteiger partial charge on any atom is 0.255 e. The summed E-state index contributed by atoms with van der Waals surface area (Å²) < 4.78 is 5.70. The number of carbonyl (C=O) groups is 1. The van der Waals surface area contributed by atoms with Gasteiger partial charge in [0.15, 0.2) is 0 Å². The van der Waals surface area contributed by atoms with Crippen molar-refractivity contribution in [1.29, 1.82) is 0 Å². The molecule has 0 radical (unpaired) electrons. The van der Waals surface area contributed by atoms with Crippen LogP contribution in [-0.4, -0.2) is 40.0 Å². The van der Waals surface area contributed by atoms with Crippen LogP contribution in [0.1, 0.15) is 34.5 Å². The average molecular weight is 311 g/mol. The minimum atomic E-state index is -0.0256. The topological polar surface area (TPSA) is 55.3 Å². The van der Waals surface area contributed by atoms with Crippen LogP contribution in [0.15, 0.2) is 42.9 Å². The Bertz CT molecular complexity index is 654. The summed E-state index contributed by atoms with van der Waals surface area (Å²) in [6.07, 6.45) is 7.29. The van der Waals surface area contributed by atoms with Gasteiger partial charge in [0.2, 0.25) is 0 Å².